The molecule has 0 spiro atoms. The molecule has 134 valence electrons. The van der Waals surface area contributed by atoms with Gasteiger partial charge in [0.05, 0.1) is 0 Å². The molecule has 4 rings (SSSR count). The van der Waals surface area contributed by atoms with Crippen LogP contribution in [0.2, 0.25) is 0 Å². The zero-order valence-electron chi connectivity index (χ0n) is 15.3. The average Bonchev–Trinajstić information content (AvgIpc) is 3.20. The van der Waals surface area contributed by atoms with Crippen LogP contribution in [-0.4, -0.2) is 18.6 Å². The van der Waals surface area contributed by atoms with Crippen molar-refractivity contribution in [2.45, 2.75) is 70.0 Å². The van der Waals surface area contributed by atoms with E-state index >= 15 is 0 Å². The van der Waals surface area contributed by atoms with E-state index in [1.54, 1.807) is 0 Å². The van der Waals surface area contributed by atoms with Crippen LogP contribution in [0, 0.1) is 5.92 Å². The Labute approximate surface area is 152 Å². The molecule has 1 saturated carbocycles. The Balaban J connectivity index is 1.41. The van der Waals surface area contributed by atoms with Crippen LogP contribution in [0.4, 0.5) is 0 Å². The lowest BCUT2D eigenvalue weighted by Gasteiger charge is -2.31. The van der Waals surface area contributed by atoms with Crippen LogP contribution in [0.3, 0.4) is 0 Å². The quantitative estimate of drug-likeness (QED) is 0.774. The van der Waals surface area contributed by atoms with E-state index < -0.39 is 0 Å². The SMILES string of the molecule is c1ccc2cc(CNC(CC3CCCCC3)C3CCCN3)ccc2c1. The van der Waals surface area contributed by atoms with Crippen molar-refractivity contribution in [3.63, 3.8) is 0 Å². The van der Waals surface area contributed by atoms with Gasteiger partial charge in [-0.3, -0.25) is 0 Å². The van der Waals surface area contributed by atoms with E-state index in [4.69, 9.17) is 0 Å². The zero-order chi connectivity index (χ0) is 16.9. The highest BCUT2D eigenvalue weighted by atomic mass is 15.0. The van der Waals surface area contributed by atoms with Crippen molar-refractivity contribution >= 4 is 10.8 Å². The van der Waals surface area contributed by atoms with Gasteiger partial charge in [-0.05, 0) is 54.1 Å². The van der Waals surface area contributed by atoms with E-state index in [2.05, 4.69) is 53.1 Å². The summed E-state index contributed by atoms with van der Waals surface area (Å²) in [5.41, 5.74) is 1.41. The molecule has 1 heterocycles. The lowest BCUT2D eigenvalue weighted by Crippen LogP contribution is -2.45. The largest absolute Gasteiger partial charge is 0.312 e. The number of hydrogen-bond donors (Lipinski definition) is 2. The first-order chi connectivity index (χ1) is 12.4. The predicted octanol–water partition coefficient (Wildman–Crippen LogP) is 5.02. The highest BCUT2D eigenvalue weighted by molar-refractivity contribution is 5.82. The second-order valence-electron chi connectivity index (χ2n) is 8.11. The van der Waals surface area contributed by atoms with Gasteiger partial charge in [-0.2, -0.15) is 0 Å². The Hall–Kier alpha value is -1.38. The van der Waals surface area contributed by atoms with Crippen molar-refractivity contribution in [1.82, 2.24) is 10.6 Å². The Morgan fingerprint density at radius 3 is 2.56 bits per heavy atom. The standard InChI is InChI=1S/C23H32N2/c1-2-7-18(8-3-1)16-23(22-11-6-14-24-22)25-17-19-12-13-20-9-4-5-10-21(20)15-19/h4-5,9-10,12-13,15,18,22-25H,1-3,6-8,11,14,16-17H2. The predicted molar refractivity (Wildman–Crippen MR) is 107 cm³/mol. The molecule has 2 aromatic rings. The molecule has 2 nitrogen and oxygen atoms in total. The van der Waals surface area contributed by atoms with Crippen LogP contribution >= 0.6 is 0 Å². The van der Waals surface area contributed by atoms with Crippen molar-refractivity contribution in [1.29, 1.82) is 0 Å². The van der Waals surface area contributed by atoms with E-state index in [1.165, 1.54) is 74.2 Å². The highest BCUT2D eigenvalue weighted by Crippen LogP contribution is 2.29. The molecular formula is C23H32N2. The number of benzene rings is 2. The molecule has 1 saturated heterocycles. The summed E-state index contributed by atoms with van der Waals surface area (Å²) in [6.07, 6.45) is 11.3. The van der Waals surface area contributed by atoms with Crippen molar-refractivity contribution in [3.05, 3.63) is 48.0 Å². The summed E-state index contributed by atoms with van der Waals surface area (Å²) in [4.78, 5) is 0. The van der Waals surface area contributed by atoms with Gasteiger partial charge < -0.3 is 10.6 Å². The van der Waals surface area contributed by atoms with Crippen LogP contribution in [0.1, 0.15) is 56.9 Å². The molecule has 2 fully saturated rings. The molecule has 0 amide bonds. The zero-order valence-corrected chi connectivity index (χ0v) is 15.3. The van der Waals surface area contributed by atoms with Gasteiger partial charge in [0.2, 0.25) is 0 Å². The van der Waals surface area contributed by atoms with E-state index in [0.29, 0.717) is 12.1 Å². The summed E-state index contributed by atoms with van der Waals surface area (Å²) in [5, 5.41) is 10.4. The summed E-state index contributed by atoms with van der Waals surface area (Å²) in [6, 6.07) is 16.9. The first-order valence-corrected chi connectivity index (χ1v) is 10.3. The maximum Gasteiger partial charge on any atom is 0.0227 e. The summed E-state index contributed by atoms with van der Waals surface area (Å²) in [7, 11) is 0. The van der Waals surface area contributed by atoms with Gasteiger partial charge >= 0.3 is 0 Å². The number of hydrogen-bond acceptors (Lipinski definition) is 2. The Bertz CT molecular complexity index is 669. The van der Waals surface area contributed by atoms with Crippen LogP contribution in [0.15, 0.2) is 42.5 Å². The Morgan fingerprint density at radius 1 is 0.920 bits per heavy atom. The third kappa shape index (κ3) is 4.43. The highest BCUT2D eigenvalue weighted by Gasteiger charge is 2.27. The lowest BCUT2D eigenvalue weighted by atomic mass is 9.83. The molecule has 0 radical (unpaired) electrons. The van der Waals surface area contributed by atoms with Crippen LogP contribution < -0.4 is 10.6 Å². The minimum absolute atomic E-state index is 0.622. The van der Waals surface area contributed by atoms with Crippen LogP contribution in [0.25, 0.3) is 10.8 Å². The van der Waals surface area contributed by atoms with Crippen molar-refractivity contribution in [2.24, 2.45) is 5.92 Å². The topological polar surface area (TPSA) is 24.1 Å². The van der Waals surface area contributed by atoms with Crippen molar-refractivity contribution in [2.75, 3.05) is 6.54 Å². The monoisotopic (exact) mass is 336 g/mol. The maximum absolute atomic E-state index is 3.93. The van der Waals surface area contributed by atoms with Gasteiger partial charge in [-0.15, -0.1) is 0 Å². The van der Waals surface area contributed by atoms with Gasteiger partial charge in [0, 0.05) is 18.6 Å². The molecule has 2 atom stereocenters. The van der Waals surface area contributed by atoms with Crippen LogP contribution in [-0.2, 0) is 6.54 Å². The van der Waals surface area contributed by atoms with Crippen LogP contribution in [0.5, 0.6) is 0 Å². The van der Waals surface area contributed by atoms with E-state index in [0.717, 1.165) is 12.5 Å². The van der Waals surface area contributed by atoms with E-state index in [-0.39, 0.29) is 0 Å². The first-order valence-electron chi connectivity index (χ1n) is 10.3. The molecule has 25 heavy (non-hydrogen) atoms. The van der Waals surface area contributed by atoms with Gasteiger partial charge in [-0.25, -0.2) is 0 Å². The number of nitrogens with one attached hydrogen (secondary N) is 2. The third-order valence-electron chi connectivity index (χ3n) is 6.28. The van der Waals surface area contributed by atoms with E-state index in [9.17, 15) is 0 Å². The fraction of sp³-hybridized carbons (Fsp3) is 0.565. The minimum Gasteiger partial charge on any atom is -0.312 e. The lowest BCUT2D eigenvalue weighted by molar-refractivity contribution is 0.268. The summed E-state index contributed by atoms with van der Waals surface area (Å²) >= 11 is 0. The molecule has 2 N–H and O–H groups in total. The van der Waals surface area contributed by atoms with Gasteiger partial charge in [0.15, 0.2) is 0 Å². The normalized spacial score (nSPS) is 23.1. The fourth-order valence-electron chi connectivity index (χ4n) is 4.82. The molecule has 0 bridgehead atoms. The van der Waals surface area contributed by atoms with Gasteiger partial charge in [-0.1, -0.05) is 68.5 Å². The molecular weight excluding hydrogens is 304 g/mol. The Kier molecular flexibility index (Phi) is 5.68. The third-order valence-corrected chi connectivity index (χ3v) is 6.28. The summed E-state index contributed by atoms with van der Waals surface area (Å²) in [6.45, 7) is 2.18. The summed E-state index contributed by atoms with van der Waals surface area (Å²) in [5.74, 6) is 0.935. The molecule has 2 aliphatic rings. The second-order valence-corrected chi connectivity index (χ2v) is 8.11. The molecule has 0 aromatic heterocycles. The Morgan fingerprint density at radius 2 is 1.76 bits per heavy atom. The van der Waals surface area contributed by atoms with Gasteiger partial charge in [0.25, 0.3) is 0 Å². The summed E-state index contributed by atoms with van der Waals surface area (Å²) < 4.78 is 0. The molecule has 2 heteroatoms. The molecule has 1 aliphatic heterocycles. The van der Waals surface area contributed by atoms with E-state index in [1.807, 2.05) is 0 Å². The van der Waals surface area contributed by atoms with Gasteiger partial charge in [0.1, 0.15) is 0 Å². The smallest absolute Gasteiger partial charge is 0.0227 e. The van der Waals surface area contributed by atoms with Crippen molar-refractivity contribution < 1.29 is 0 Å². The fourth-order valence-corrected chi connectivity index (χ4v) is 4.82. The average molecular weight is 337 g/mol. The minimum atomic E-state index is 0.622. The number of fused-ring (bicyclic) bond motifs is 1. The number of rotatable bonds is 6. The molecule has 1 aliphatic carbocycles. The second kappa shape index (κ2) is 8.33. The maximum atomic E-state index is 3.93. The molecule has 2 aromatic carbocycles. The van der Waals surface area contributed by atoms with Crippen molar-refractivity contribution in [3.8, 4) is 0 Å². The molecule has 2 unspecified atom stereocenters. The first kappa shape index (κ1) is 17.1.